The molecule has 136 valence electrons. The summed E-state index contributed by atoms with van der Waals surface area (Å²) < 4.78 is 5.11. The standard InChI is InChI=1S/C20H28N2O3/c1-25-18-9-7-17(8-10-18)12-14-22-20(24)15-19(23)21-13-11-16-5-3-2-4-6-16/h5,7-10H,2-4,6,11-15H2,1H3,(H,21,23)(H,22,24). The van der Waals surface area contributed by atoms with E-state index in [9.17, 15) is 9.59 Å². The zero-order valence-corrected chi connectivity index (χ0v) is 15.0. The molecule has 0 aromatic heterocycles. The largest absolute Gasteiger partial charge is 0.497 e. The van der Waals surface area contributed by atoms with E-state index in [1.54, 1.807) is 7.11 Å². The Morgan fingerprint density at radius 1 is 1.00 bits per heavy atom. The predicted molar refractivity (Wildman–Crippen MR) is 98.5 cm³/mol. The van der Waals surface area contributed by atoms with Gasteiger partial charge in [-0.3, -0.25) is 9.59 Å². The summed E-state index contributed by atoms with van der Waals surface area (Å²) in [7, 11) is 1.63. The lowest BCUT2D eigenvalue weighted by Gasteiger charge is -2.13. The molecule has 5 nitrogen and oxygen atoms in total. The lowest BCUT2D eigenvalue weighted by Crippen LogP contribution is -2.33. The molecule has 0 radical (unpaired) electrons. The molecule has 1 aromatic carbocycles. The van der Waals surface area contributed by atoms with E-state index in [1.165, 1.54) is 18.4 Å². The van der Waals surface area contributed by atoms with Crippen LogP contribution in [-0.4, -0.2) is 32.0 Å². The minimum absolute atomic E-state index is 0.109. The van der Waals surface area contributed by atoms with Crippen molar-refractivity contribution in [3.8, 4) is 5.75 Å². The van der Waals surface area contributed by atoms with Crippen molar-refractivity contribution in [3.05, 3.63) is 41.5 Å². The molecule has 1 aromatic rings. The average Bonchev–Trinajstić information content (AvgIpc) is 2.63. The maximum atomic E-state index is 11.8. The Hall–Kier alpha value is -2.30. The van der Waals surface area contributed by atoms with Gasteiger partial charge in [-0.15, -0.1) is 0 Å². The Labute approximate surface area is 149 Å². The van der Waals surface area contributed by atoms with Gasteiger partial charge in [-0.2, -0.15) is 0 Å². The highest BCUT2D eigenvalue weighted by molar-refractivity contribution is 5.96. The highest BCUT2D eigenvalue weighted by atomic mass is 16.5. The van der Waals surface area contributed by atoms with E-state index in [2.05, 4.69) is 16.7 Å². The number of methoxy groups -OCH3 is 1. The Morgan fingerprint density at radius 3 is 2.28 bits per heavy atom. The summed E-state index contributed by atoms with van der Waals surface area (Å²) >= 11 is 0. The Kier molecular flexibility index (Phi) is 8.02. The molecule has 0 aliphatic heterocycles. The fraction of sp³-hybridized carbons (Fsp3) is 0.500. The number of benzene rings is 1. The third-order valence-electron chi connectivity index (χ3n) is 4.37. The van der Waals surface area contributed by atoms with E-state index in [1.807, 2.05) is 24.3 Å². The molecule has 0 bridgehead atoms. The summed E-state index contributed by atoms with van der Waals surface area (Å²) in [5, 5.41) is 5.62. The summed E-state index contributed by atoms with van der Waals surface area (Å²) in [6, 6.07) is 7.73. The molecule has 0 saturated carbocycles. The molecule has 2 amide bonds. The van der Waals surface area contributed by atoms with E-state index in [0.29, 0.717) is 13.1 Å². The van der Waals surface area contributed by atoms with Crippen molar-refractivity contribution in [2.45, 2.75) is 44.9 Å². The van der Waals surface area contributed by atoms with Crippen LogP contribution in [0.25, 0.3) is 0 Å². The number of nitrogens with one attached hydrogen (secondary N) is 2. The first-order valence-corrected chi connectivity index (χ1v) is 9.01. The number of allylic oxidation sites excluding steroid dienone is 1. The van der Waals surface area contributed by atoms with Gasteiger partial charge in [-0.05, 0) is 56.2 Å². The number of carbonyl (C=O) groups is 2. The predicted octanol–water partition coefficient (Wildman–Crippen LogP) is 2.75. The minimum atomic E-state index is -0.233. The van der Waals surface area contributed by atoms with Crippen LogP contribution in [0.5, 0.6) is 5.75 Å². The van der Waals surface area contributed by atoms with Crippen LogP contribution < -0.4 is 15.4 Å². The topological polar surface area (TPSA) is 67.4 Å². The third-order valence-corrected chi connectivity index (χ3v) is 4.37. The Balaban J connectivity index is 1.57. The van der Waals surface area contributed by atoms with Crippen molar-refractivity contribution in [2.75, 3.05) is 20.2 Å². The first-order valence-electron chi connectivity index (χ1n) is 9.01. The zero-order valence-electron chi connectivity index (χ0n) is 15.0. The van der Waals surface area contributed by atoms with Gasteiger partial charge in [0.15, 0.2) is 0 Å². The fourth-order valence-corrected chi connectivity index (χ4v) is 2.90. The quantitative estimate of drug-likeness (QED) is 0.535. The van der Waals surface area contributed by atoms with E-state index in [4.69, 9.17) is 4.74 Å². The molecule has 0 heterocycles. The van der Waals surface area contributed by atoms with Crippen LogP contribution in [0.3, 0.4) is 0 Å². The second-order valence-corrected chi connectivity index (χ2v) is 6.33. The minimum Gasteiger partial charge on any atom is -0.497 e. The van der Waals surface area contributed by atoms with Crippen molar-refractivity contribution in [3.63, 3.8) is 0 Å². The summed E-state index contributed by atoms with van der Waals surface area (Å²) in [5.74, 6) is 0.370. The van der Waals surface area contributed by atoms with Gasteiger partial charge in [0.1, 0.15) is 12.2 Å². The smallest absolute Gasteiger partial charge is 0.229 e. The Bertz CT molecular complexity index is 593. The summed E-state index contributed by atoms with van der Waals surface area (Å²) in [4.78, 5) is 23.6. The molecule has 1 aliphatic rings. The van der Waals surface area contributed by atoms with Crippen molar-refractivity contribution in [1.29, 1.82) is 0 Å². The van der Waals surface area contributed by atoms with Crippen molar-refractivity contribution >= 4 is 11.8 Å². The number of hydrogen-bond donors (Lipinski definition) is 2. The second kappa shape index (κ2) is 10.5. The molecule has 0 saturated heterocycles. The van der Waals surface area contributed by atoms with Crippen molar-refractivity contribution < 1.29 is 14.3 Å². The molecular weight excluding hydrogens is 316 g/mol. The van der Waals surface area contributed by atoms with E-state index in [-0.39, 0.29) is 18.2 Å². The van der Waals surface area contributed by atoms with Gasteiger partial charge in [0, 0.05) is 13.1 Å². The molecule has 5 heteroatoms. The van der Waals surface area contributed by atoms with Crippen LogP contribution in [0.4, 0.5) is 0 Å². The van der Waals surface area contributed by atoms with Gasteiger partial charge in [0.25, 0.3) is 0 Å². The maximum Gasteiger partial charge on any atom is 0.229 e. The molecule has 1 aliphatic carbocycles. The first-order chi connectivity index (χ1) is 12.2. The van der Waals surface area contributed by atoms with Gasteiger partial charge >= 0.3 is 0 Å². The van der Waals surface area contributed by atoms with E-state index >= 15 is 0 Å². The lowest BCUT2D eigenvalue weighted by molar-refractivity contribution is -0.129. The zero-order chi connectivity index (χ0) is 17.9. The molecular formula is C20H28N2O3. The monoisotopic (exact) mass is 344 g/mol. The SMILES string of the molecule is COc1ccc(CCNC(=O)CC(=O)NCCC2=CCCCC2)cc1. The summed E-state index contributed by atoms with van der Waals surface area (Å²) in [5.41, 5.74) is 2.54. The summed E-state index contributed by atoms with van der Waals surface area (Å²) in [6.07, 6.45) is 8.60. The lowest BCUT2D eigenvalue weighted by atomic mass is 9.97. The van der Waals surface area contributed by atoms with Crippen LogP contribution in [0.1, 0.15) is 44.1 Å². The molecule has 0 fully saturated rings. The van der Waals surface area contributed by atoms with Crippen LogP contribution in [0.2, 0.25) is 0 Å². The van der Waals surface area contributed by atoms with Gasteiger partial charge in [0.05, 0.1) is 7.11 Å². The van der Waals surface area contributed by atoms with E-state index in [0.717, 1.165) is 37.0 Å². The van der Waals surface area contributed by atoms with Gasteiger partial charge in [0.2, 0.25) is 11.8 Å². The molecule has 2 N–H and O–H groups in total. The number of amides is 2. The summed E-state index contributed by atoms with van der Waals surface area (Å²) in [6.45, 7) is 1.13. The normalized spacial score (nSPS) is 13.7. The first kappa shape index (κ1) is 19.0. The van der Waals surface area contributed by atoms with Crippen LogP contribution in [0.15, 0.2) is 35.9 Å². The number of ether oxygens (including phenoxy) is 1. The molecule has 2 rings (SSSR count). The molecule has 25 heavy (non-hydrogen) atoms. The van der Waals surface area contributed by atoms with Gasteiger partial charge < -0.3 is 15.4 Å². The number of rotatable bonds is 9. The van der Waals surface area contributed by atoms with Crippen LogP contribution >= 0.6 is 0 Å². The molecule has 0 unspecified atom stereocenters. The Morgan fingerprint density at radius 2 is 1.68 bits per heavy atom. The van der Waals surface area contributed by atoms with Gasteiger partial charge in [-0.25, -0.2) is 0 Å². The van der Waals surface area contributed by atoms with Crippen LogP contribution in [-0.2, 0) is 16.0 Å². The molecule has 0 atom stereocenters. The van der Waals surface area contributed by atoms with Gasteiger partial charge in [-0.1, -0.05) is 23.8 Å². The highest BCUT2D eigenvalue weighted by Crippen LogP contribution is 2.19. The van der Waals surface area contributed by atoms with Crippen molar-refractivity contribution in [2.24, 2.45) is 0 Å². The maximum absolute atomic E-state index is 11.8. The van der Waals surface area contributed by atoms with E-state index < -0.39 is 0 Å². The average molecular weight is 344 g/mol. The van der Waals surface area contributed by atoms with Crippen molar-refractivity contribution in [1.82, 2.24) is 10.6 Å². The number of carbonyl (C=O) groups excluding carboxylic acids is 2. The molecule has 0 spiro atoms. The van der Waals surface area contributed by atoms with Crippen LogP contribution in [0, 0.1) is 0 Å². The highest BCUT2D eigenvalue weighted by Gasteiger charge is 2.09. The fourth-order valence-electron chi connectivity index (χ4n) is 2.90. The third kappa shape index (κ3) is 7.42. The number of hydrogen-bond acceptors (Lipinski definition) is 3. The second-order valence-electron chi connectivity index (χ2n) is 6.33.